The molecule has 274 valence electrons. The Morgan fingerprint density at radius 3 is 1.53 bits per heavy atom. The molecule has 0 amide bonds. The number of aromatic nitrogens is 2. The van der Waals surface area contributed by atoms with Crippen LogP contribution in [0.2, 0.25) is 0 Å². The molecule has 11 rings (SSSR count). The summed E-state index contributed by atoms with van der Waals surface area (Å²) in [7, 11) is 0. The Balaban J connectivity index is 1.16. The van der Waals surface area contributed by atoms with E-state index in [4.69, 9.17) is 14.1 Å². The second kappa shape index (κ2) is 14.2. The Morgan fingerprint density at radius 2 is 0.948 bits per heavy atom. The molecule has 3 heterocycles. The summed E-state index contributed by atoms with van der Waals surface area (Å²) in [6, 6.07) is 65.7. The fourth-order valence-corrected chi connectivity index (χ4v) is 11.4. The number of fused-ring (bicyclic) bond motifs is 8. The van der Waals surface area contributed by atoms with Crippen molar-refractivity contribution < 1.29 is 4.11 Å². The molecule has 0 bridgehead atoms. The van der Waals surface area contributed by atoms with Gasteiger partial charge in [0.1, 0.15) is 5.03 Å². The quantitative estimate of drug-likeness (QED) is 0.174. The van der Waals surface area contributed by atoms with E-state index in [1.165, 1.54) is 11.8 Å². The molecular weight excluding hydrogens is 741 g/mol. The Labute approximate surface area is 352 Å². The molecule has 8 aromatic carbocycles. The number of rotatable bonds is 5. The first-order chi connectivity index (χ1) is 29.9. The highest BCUT2D eigenvalue weighted by Gasteiger charge is 2.51. The third kappa shape index (κ3) is 5.51. The van der Waals surface area contributed by atoms with Crippen molar-refractivity contribution >= 4 is 23.5 Å². The predicted octanol–water partition coefficient (Wildman–Crippen LogP) is 14.4. The van der Waals surface area contributed by atoms with E-state index in [9.17, 15) is 0 Å². The minimum Gasteiger partial charge on any atom is -0.255 e. The molecule has 0 unspecified atom stereocenters. The van der Waals surface area contributed by atoms with Gasteiger partial charge in [0.2, 0.25) is 0 Å². The summed E-state index contributed by atoms with van der Waals surface area (Å²) in [4.78, 5) is 13.2. The average Bonchev–Trinajstić information content (AvgIpc) is 3.31. The first kappa shape index (κ1) is 31.6. The van der Waals surface area contributed by atoms with E-state index in [-0.39, 0.29) is 0 Å². The van der Waals surface area contributed by atoms with E-state index in [0.29, 0.717) is 11.1 Å². The number of nitrogens with zero attached hydrogens (tertiary/aromatic N) is 2. The summed E-state index contributed by atoms with van der Waals surface area (Å²) in [5.41, 5.74) is 14.0. The Kier molecular flexibility index (Phi) is 7.72. The van der Waals surface area contributed by atoms with Gasteiger partial charge in [0.05, 0.1) is 11.1 Å². The summed E-state index contributed by atoms with van der Waals surface area (Å²) >= 11 is 3.28. The zero-order valence-electron chi connectivity index (χ0n) is 34.3. The van der Waals surface area contributed by atoms with Gasteiger partial charge in [0, 0.05) is 31.2 Å². The Hall–Kier alpha value is -6.46. The van der Waals surface area contributed by atoms with Gasteiger partial charge in [-0.3, -0.25) is 4.98 Å². The molecular formula is C54H36N2S2. The highest BCUT2D eigenvalue weighted by atomic mass is 32.2. The Morgan fingerprint density at radius 1 is 0.431 bits per heavy atom. The minimum atomic E-state index is -2.38. The van der Waals surface area contributed by atoms with Crippen LogP contribution in [-0.2, 0) is 5.41 Å². The van der Waals surface area contributed by atoms with Crippen molar-refractivity contribution in [2.45, 2.75) is 32.0 Å². The zero-order valence-corrected chi connectivity index (χ0v) is 32.9. The smallest absolute Gasteiger partial charge is 0.124 e. The van der Waals surface area contributed by atoms with Crippen molar-refractivity contribution in [3.63, 3.8) is 0 Å². The maximum absolute atomic E-state index is 8.90. The van der Waals surface area contributed by atoms with Crippen LogP contribution in [0.4, 0.5) is 0 Å². The van der Waals surface area contributed by atoms with Crippen LogP contribution in [0.5, 0.6) is 0 Å². The molecule has 0 fully saturated rings. The molecule has 0 saturated heterocycles. The van der Waals surface area contributed by atoms with Gasteiger partial charge in [-0.15, -0.1) is 0 Å². The monoisotopic (exact) mass is 779 g/mol. The second-order valence-corrected chi connectivity index (χ2v) is 16.7. The third-order valence-corrected chi connectivity index (χ3v) is 13.7. The molecule has 58 heavy (non-hydrogen) atoms. The summed E-state index contributed by atoms with van der Waals surface area (Å²) in [5.74, 6) is 0. The summed E-state index contributed by atoms with van der Waals surface area (Å²) in [6.45, 7) is -2.38. The molecule has 9 aromatic rings. The molecule has 2 nitrogen and oxygen atoms in total. The van der Waals surface area contributed by atoms with Crippen molar-refractivity contribution in [2.24, 2.45) is 0 Å². The van der Waals surface area contributed by atoms with Crippen LogP contribution in [-0.4, -0.2) is 9.97 Å². The van der Waals surface area contributed by atoms with E-state index in [2.05, 4.69) is 170 Å². The number of benzene rings is 8. The molecule has 4 heteroatoms. The van der Waals surface area contributed by atoms with Crippen molar-refractivity contribution in [1.82, 2.24) is 9.97 Å². The molecule has 2 aliphatic heterocycles. The van der Waals surface area contributed by atoms with E-state index in [1.54, 1.807) is 24.2 Å². The molecule has 2 aliphatic rings. The van der Waals surface area contributed by atoms with Gasteiger partial charge in [-0.1, -0.05) is 187 Å². The molecule has 1 aromatic heterocycles. The lowest BCUT2D eigenvalue weighted by molar-refractivity contribution is 0.628. The van der Waals surface area contributed by atoms with Crippen LogP contribution < -0.4 is 0 Å². The van der Waals surface area contributed by atoms with Gasteiger partial charge in [-0.2, -0.15) is 0 Å². The topological polar surface area (TPSA) is 25.8 Å². The van der Waals surface area contributed by atoms with Crippen molar-refractivity contribution in [3.8, 4) is 55.6 Å². The average molecular weight is 780 g/mol. The van der Waals surface area contributed by atoms with Crippen molar-refractivity contribution in [1.29, 1.82) is 0 Å². The minimum absolute atomic E-state index is 0.308. The van der Waals surface area contributed by atoms with Gasteiger partial charge < -0.3 is 0 Å². The normalized spacial score (nSPS) is 14.2. The van der Waals surface area contributed by atoms with E-state index in [0.717, 1.165) is 92.2 Å². The fraction of sp³-hybridized carbons (Fsp3) is 0.0370. The lowest BCUT2D eigenvalue weighted by Crippen LogP contribution is -2.38. The molecule has 0 saturated carbocycles. The summed E-state index contributed by atoms with van der Waals surface area (Å²) in [5, 5.41) is 0.769. The van der Waals surface area contributed by atoms with E-state index >= 15 is 0 Å². The molecule has 1 spiro atoms. The molecule has 0 atom stereocenters. The Bertz CT molecular complexity index is 2990. The van der Waals surface area contributed by atoms with Crippen LogP contribution in [0.15, 0.2) is 220 Å². The van der Waals surface area contributed by atoms with Crippen LogP contribution >= 0.6 is 23.5 Å². The van der Waals surface area contributed by atoms with Gasteiger partial charge in [-0.25, -0.2) is 4.98 Å². The lowest BCUT2D eigenvalue weighted by atomic mass is 9.66. The van der Waals surface area contributed by atoms with Crippen molar-refractivity contribution in [2.75, 3.05) is 0 Å². The molecule has 0 N–H and O–H groups in total. The van der Waals surface area contributed by atoms with Crippen LogP contribution in [0.25, 0.3) is 55.6 Å². The first-order valence-electron chi connectivity index (χ1n) is 20.9. The number of aryl methyl sites for hydroxylation is 1. The SMILES string of the molecule is [2H]C([2H])([2H])c1ccc2c(c1-c1ccc(-c3c(-c4ccccc4)cc(-c4ccccc4)cc3-c3ccccc3)cc1)Sc1nccnc1C21c2ccccc2Sc2ccccc21. The van der Waals surface area contributed by atoms with Crippen LogP contribution in [0.1, 0.15) is 32.1 Å². The zero-order chi connectivity index (χ0) is 41.1. The van der Waals surface area contributed by atoms with Crippen molar-refractivity contribution in [3.05, 3.63) is 228 Å². The van der Waals surface area contributed by atoms with Crippen LogP contribution in [0.3, 0.4) is 0 Å². The summed E-state index contributed by atoms with van der Waals surface area (Å²) in [6.07, 6.45) is 3.51. The molecule has 0 aliphatic carbocycles. The standard InChI is InChI=1S/C54H36N2S2/c1-35-25-30-46-51(58-53-52(55-31-32-56-53)54(46)44-21-11-13-23-47(44)57-48-24-14-12-22-45(48)54)49(35)39-26-28-40(29-27-39)50-42(37-17-7-3-8-18-37)33-41(36-15-5-2-6-16-36)34-43(50)38-19-9-4-10-20-38/h2-34H,1H3/i1D3. The van der Waals surface area contributed by atoms with E-state index < -0.39 is 12.3 Å². The predicted molar refractivity (Wildman–Crippen MR) is 241 cm³/mol. The first-order valence-corrected chi connectivity index (χ1v) is 21.0. The highest BCUT2D eigenvalue weighted by molar-refractivity contribution is 8.00. The second-order valence-electron chi connectivity index (χ2n) is 14.6. The fourth-order valence-electron chi connectivity index (χ4n) is 8.94. The molecule has 0 radical (unpaired) electrons. The third-order valence-electron chi connectivity index (χ3n) is 11.5. The highest BCUT2D eigenvalue weighted by Crippen LogP contribution is 2.62. The number of hydrogen-bond acceptors (Lipinski definition) is 4. The van der Waals surface area contributed by atoms with Crippen LogP contribution in [0, 0.1) is 6.85 Å². The lowest BCUT2D eigenvalue weighted by Gasteiger charge is -2.44. The van der Waals surface area contributed by atoms with Gasteiger partial charge in [0.15, 0.2) is 0 Å². The maximum atomic E-state index is 8.90. The largest absolute Gasteiger partial charge is 0.255 e. The van der Waals surface area contributed by atoms with Gasteiger partial charge in [0.25, 0.3) is 0 Å². The maximum Gasteiger partial charge on any atom is 0.124 e. The summed E-state index contributed by atoms with van der Waals surface area (Å²) < 4.78 is 26.7. The van der Waals surface area contributed by atoms with Gasteiger partial charge >= 0.3 is 0 Å². The van der Waals surface area contributed by atoms with Gasteiger partial charge in [-0.05, 0) is 109 Å². The van der Waals surface area contributed by atoms with E-state index in [1.807, 2.05) is 18.2 Å². The number of hydrogen-bond donors (Lipinski definition) is 0.